The Balaban J connectivity index is 2.12. The number of aryl methyl sites for hydroxylation is 1. The number of carbonyl (C=O) groups excluding carboxylic acids is 1. The first-order valence-electron chi connectivity index (χ1n) is 6.61. The summed E-state index contributed by atoms with van der Waals surface area (Å²) in [5, 5.41) is 4.24. The number of methoxy groups -OCH3 is 1. The first-order valence-corrected chi connectivity index (χ1v) is 6.61. The van der Waals surface area contributed by atoms with Crippen LogP contribution in [-0.4, -0.2) is 28.9 Å². The monoisotopic (exact) mass is 285 g/mol. The van der Waals surface area contributed by atoms with Gasteiger partial charge in [0, 0.05) is 25.2 Å². The number of fused-ring (bicyclic) bond motifs is 1. The summed E-state index contributed by atoms with van der Waals surface area (Å²) in [6, 6.07) is 10.4. The molecule has 21 heavy (non-hydrogen) atoms. The molecule has 0 spiro atoms. The summed E-state index contributed by atoms with van der Waals surface area (Å²) in [5.41, 5.74) is 1.78. The van der Waals surface area contributed by atoms with Crippen LogP contribution < -0.4 is 10.5 Å². The second-order valence-electron chi connectivity index (χ2n) is 4.90. The predicted octanol–water partition coefficient (Wildman–Crippen LogP) is 1.02. The number of esters is 1. The van der Waals surface area contributed by atoms with Crippen molar-refractivity contribution in [2.24, 2.45) is 7.05 Å². The Kier molecular flexibility index (Phi) is 3.21. The van der Waals surface area contributed by atoms with Gasteiger partial charge in [-0.05, 0) is 17.7 Å². The van der Waals surface area contributed by atoms with Crippen molar-refractivity contribution in [2.75, 3.05) is 12.0 Å². The van der Waals surface area contributed by atoms with Crippen LogP contribution in [0.4, 0.5) is 11.5 Å². The van der Waals surface area contributed by atoms with E-state index >= 15 is 0 Å². The zero-order valence-corrected chi connectivity index (χ0v) is 11.8. The summed E-state index contributed by atoms with van der Waals surface area (Å²) in [6.07, 6.45) is 0.563. The van der Waals surface area contributed by atoms with E-state index in [9.17, 15) is 9.59 Å². The van der Waals surface area contributed by atoms with Crippen LogP contribution >= 0.6 is 0 Å². The number of rotatable bonds is 2. The van der Waals surface area contributed by atoms with Gasteiger partial charge in [0.25, 0.3) is 5.56 Å². The van der Waals surface area contributed by atoms with E-state index < -0.39 is 6.04 Å². The molecule has 0 saturated carbocycles. The Hall–Kier alpha value is -2.63. The van der Waals surface area contributed by atoms with Gasteiger partial charge in [-0.3, -0.25) is 4.79 Å². The van der Waals surface area contributed by atoms with Crippen molar-refractivity contribution >= 4 is 17.5 Å². The summed E-state index contributed by atoms with van der Waals surface area (Å²) in [5.74, 6) is 0.235. The van der Waals surface area contributed by atoms with Crippen LogP contribution in [0.15, 0.2) is 41.2 Å². The second-order valence-corrected chi connectivity index (χ2v) is 4.90. The summed E-state index contributed by atoms with van der Waals surface area (Å²) < 4.78 is 6.15. The fourth-order valence-corrected chi connectivity index (χ4v) is 2.61. The SMILES string of the molecule is COC(=O)C1Cc2ccccc2N1c1ccc(=O)n(C)n1. The number of aromatic nitrogens is 2. The first kappa shape index (κ1) is 13.4. The lowest BCUT2D eigenvalue weighted by atomic mass is 10.1. The highest BCUT2D eigenvalue weighted by Gasteiger charge is 2.36. The molecule has 0 bridgehead atoms. The lowest BCUT2D eigenvalue weighted by Crippen LogP contribution is -2.37. The minimum atomic E-state index is -0.461. The van der Waals surface area contributed by atoms with Crippen molar-refractivity contribution in [2.45, 2.75) is 12.5 Å². The summed E-state index contributed by atoms with van der Waals surface area (Å²) in [4.78, 5) is 25.4. The van der Waals surface area contributed by atoms with Crippen molar-refractivity contribution < 1.29 is 9.53 Å². The van der Waals surface area contributed by atoms with Gasteiger partial charge >= 0.3 is 5.97 Å². The Morgan fingerprint density at radius 3 is 2.76 bits per heavy atom. The molecule has 1 unspecified atom stereocenters. The molecule has 6 nitrogen and oxygen atoms in total. The van der Waals surface area contributed by atoms with E-state index in [2.05, 4.69) is 5.10 Å². The third-order valence-electron chi connectivity index (χ3n) is 3.64. The van der Waals surface area contributed by atoms with Crippen molar-refractivity contribution in [3.8, 4) is 0 Å². The van der Waals surface area contributed by atoms with E-state index in [1.165, 1.54) is 17.9 Å². The maximum Gasteiger partial charge on any atom is 0.329 e. The molecule has 6 heteroatoms. The molecule has 0 amide bonds. The molecular weight excluding hydrogens is 270 g/mol. The molecular formula is C15H15N3O3. The molecule has 1 aliphatic heterocycles. The highest BCUT2D eigenvalue weighted by atomic mass is 16.5. The van der Waals surface area contributed by atoms with Crippen molar-refractivity contribution in [1.82, 2.24) is 9.78 Å². The number of ether oxygens (including phenoxy) is 1. The lowest BCUT2D eigenvalue weighted by Gasteiger charge is -2.24. The average Bonchev–Trinajstić information content (AvgIpc) is 2.88. The molecule has 0 N–H and O–H groups in total. The van der Waals surface area contributed by atoms with Crippen LogP contribution in [0.5, 0.6) is 0 Å². The van der Waals surface area contributed by atoms with Gasteiger partial charge in [-0.2, -0.15) is 5.10 Å². The number of nitrogens with zero attached hydrogens (tertiary/aromatic N) is 3. The van der Waals surface area contributed by atoms with Crippen LogP contribution in [0.3, 0.4) is 0 Å². The Morgan fingerprint density at radius 1 is 1.29 bits per heavy atom. The Labute approximate surface area is 121 Å². The van der Waals surface area contributed by atoms with Crippen molar-refractivity contribution in [3.05, 3.63) is 52.3 Å². The maximum atomic E-state index is 12.1. The van der Waals surface area contributed by atoms with Crippen LogP contribution in [0.1, 0.15) is 5.56 Å². The van der Waals surface area contributed by atoms with Crippen molar-refractivity contribution in [3.63, 3.8) is 0 Å². The number of hydrogen-bond donors (Lipinski definition) is 0. The van der Waals surface area contributed by atoms with Crippen LogP contribution in [0.2, 0.25) is 0 Å². The van der Waals surface area contributed by atoms with Gasteiger partial charge in [0.05, 0.1) is 7.11 Å². The van der Waals surface area contributed by atoms with Crippen molar-refractivity contribution in [1.29, 1.82) is 0 Å². The Bertz CT molecular complexity index is 754. The largest absolute Gasteiger partial charge is 0.467 e. The topological polar surface area (TPSA) is 64.4 Å². The number of benzene rings is 1. The molecule has 1 atom stereocenters. The molecule has 1 aliphatic rings. The number of hydrogen-bond acceptors (Lipinski definition) is 5. The van der Waals surface area contributed by atoms with Gasteiger partial charge in [0.15, 0.2) is 5.82 Å². The summed E-state index contributed by atoms with van der Waals surface area (Å²) in [6.45, 7) is 0. The van der Waals surface area contributed by atoms with E-state index in [1.54, 1.807) is 13.1 Å². The van der Waals surface area contributed by atoms with E-state index in [0.29, 0.717) is 12.2 Å². The number of para-hydroxylation sites is 1. The van der Waals surface area contributed by atoms with Gasteiger partial charge in [-0.15, -0.1) is 0 Å². The van der Waals surface area contributed by atoms with E-state index in [4.69, 9.17) is 4.74 Å². The summed E-state index contributed by atoms with van der Waals surface area (Å²) >= 11 is 0. The zero-order valence-electron chi connectivity index (χ0n) is 11.8. The van der Waals surface area contributed by atoms with Crippen LogP contribution in [0, 0.1) is 0 Å². The third-order valence-corrected chi connectivity index (χ3v) is 3.64. The smallest absolute Gasteiger partial charge is 0.329 e. The standard InChI is InChI=1S/C15H15N3O3/c1-17-14(19)8-7-13(16-17)18-11-6-4-3-5-10(11)9-12(18)15(20)21-2/h3-8,12H,9H2,1-2H3. The minimum absolute atomic E-state index is 0.194. The number of anilines is 2. The first-order chi connectivity index (χ1) is 10.1. The normalized spacial score (nSPS) is 16.7. The average molecular weight is 285 g/mol. The molecule has 0 fully saturated rings. The quantitative estimate of drug-likeness (QED) is 0.771. The van der Waals surface area contributed by atoms with Crippen LogP contribution in [-0.2, 0) is 23.0 Å². The van der Waals surface area contributed by atoms with Gasteiger partial charge in [-0.25, -0.2) is 9.48 Å². The minimum Gasteiger partial charge on any atom is -0.467 e. The molecule has 3 rings (SSSR count). The van der Waals surface area contributed by atoms with Gasteiger partial charge < -0.3 is 9.64 Å². The Morgan fingerprint density at radius 2 is 2.05 bits per heavy atom. The summed E-state index contributed by atoms with van der Waals surface area (Å²) in [7, 11) is 2.96. The third kappa shape index (κ3) is 2.18. The molecule has 0 saturated heterocycles. The van der Waals surface area contributed by atoms with Gasteiger partial charge in [-0.1, -0.05) is 18.2 Å². The molecule has 0 aliphatic carbocycles. The molecule has 0 radical (unpaired) electrons. The van der Waals surface area contributed by atoms with Crippen LogP contribution in [0.25, 0.3) is 0 Å². The highest BCUT2D eigenvalue weighted by Crippen LogP contribution is 2.37. The molecule has 1 aromatic heterocycles. The molecule has 2 aromatic rings. The number of carbonyl (C=O) groups is 1. The van der Waals surface area contributed by atoms with Gasteiger partial charge in [0.1, 0.15) is 6.04 Å². The fourth-order valence-electron chi connectivity index (χ4n) is 2.61. The second kappa shape index (κ2) is 5.05. The fraction of sp³-hybridized carbons (Fsp3) is 0.267. The zero-order chi connectivity index (χ0) is 15.0. The molecule has 1 aromatic carbocycles. The van der Waals surface area contributed by atoms with Gasteiger partial charge in [0.2, 0.25) is 0 Å². The predicted molar refractivity (Wildman–Crippen MR) is 77.6 cm³/mol. The van der Waals surface area contributed by atoms with E-state index in [1.807, 2.05) is 29.2 Å². The lowest BCUT2D eigenvalue weighted by molar-refractivity contribution is -0.141. The maximum absolute atomic E-state index is 12.1. The molecule has 2 heterocycles. The molecule has 108 valence electrons. The van der Waals surface area contributed by atoms with E-state index in [0.717, 1.165) is 11.3 Å². The van der Waals surface area contributed by atoms with E-state index in [-0.39, 0.29) is 11.5 Å². The highest BCUT2D eigenvalue weighted by molar-refractivity contribution is 5.87.